The van der Waals surface area contributed by atoms with Gasteiger partial charge < -0.3 is 24.7 Å². The van der Waals surface area contributed by atoms with Crippen LogP contribution in [-0.4, -0.2) is 101 Å². The quantitative estimate of drug-likeness (QED) is 0.414. The van der Waals surface area contributed by atoms with E-state index in [0.717, 1.165) is 42.6 Å². The molecule has 1 aromatic carbocycles. The van der Waals surface area contributed by atoms with E-state index in [-0.39, 0.29) is 36.9 Å². The molecule has 3 aliphatic heterocycles. The first kappa shape index (κ1) is 27.4. The first-order valence-electron chi connectivity index (χ1n) is 13.8. The zero-order valence-electron chi connectivity index (χ0n) is 21.9. The van der Waals surface area contributed by atoms with Crippen molar-refractivity contribution >= 4 is 17.8 Å². The second kappa shape index (κ2) is 12.7. The predicted molar refractivity (Wildman–Crippen MR) is 138 cm³/mol. The molecule has 2 amide bonds. The number of nitrogens with zero attached hydrogens (tertiary/aromatic N) is 3. The van der Waals surface area contributed by atoms with Crippen LogP contribution >= 0.6 is 0 Å². The number of carbonyl (C=O) groups is 3. The van der Waals surface area contributed by atoms with Crippen LogP contribution in [0.4, 0.5) is 0 Å². The van der Waals surface area contributed by atoms with E-state index in [2.05, 4.69) is 13.0 Å². The van der Waals surface area contributed by atoms with Crippen molar-refractivity contribution in [3.05, 3.63) is 29.3 Å². The van der Waals surface area contributed by atoms with E-state index >= 15 is 0 Å². The van der Waals surface area contributed by atoms with Gasteiger partial charge in [-0.25, -0.2) is 0 Å². The molecule has 0 bridgehead atoms. The number of amides is 2. The Hall–Kier alpha value is -2.65. The number of carboxylic acids is 1. The number of carboxylic acid groups (broad SMARTS) is 1. The molecule has 3 heterocycles. The Bertz CT molecular complexity index is 961. The minimum absolute atomic E-state index is 0.0251. The fraction of sp³-hybridized carbons (Fsp3) is 0.679. The van der Waals surface area contributed by atoms with Crippen molar-refractivity contribution in [3.8, 4) is 5.75 Å². The van der Waals surface area contributed by atoms with E-state index in [9.17, 15) is 24.6 Å². The third kappa shape index (κ3) is 6.44. The maximum Gasteiger partial charge on any atom is 0.308 e. The molecular weight excluding hydrogens is 474 g/mol. The van der Waals surface area contributed by atoms with Crippen LogP contribution in [0.3, 0.4) is 0 Å². The summed E-state index contributed by atoms with van der Waals surface area (Å²) in [5, 5.41) is 19.7. The molecule has 3 aliphatic rings. The van der Waals surface area contributed by atoms with E-state index in [4.69, 9.17) is 4.74 Å². The molecule has 204 valence electrons. The van der Waals surface area contributed by atoms with Crippen molar-refractivity contribution in [1.29, 1.82) is 0 Å². The molecule has 0 spiro atoms. The van der Waals surface area contributed by atoms with Crippen molar-refractivity contribution in [1.82, 2.24) is 14.7 Å². The summed E-state index contributed by atoms with van der Waals surface area (Å²) in [5.74, 6) is -0.837. The van der Waals surface area contributed by atoms with Crippen LogP contribution in [0.2, 0.25) is 0 Å². The topological polar surface area (TPSA) is 111 Å². The van der Waals surface area contributed by atoms with Crippen molar-refractivity contribution in [2.75, 3.05) is 52.5 Å². The Morgan fingerprint density at radius 3 is 2.70 bits per heavy atom. The van der Waals surface area contributed by atoms with Crippen LogP contribution in [0.15, 0.2) is 18.2 Å². The summed E-state index contributed by atoms with van der Waals surface area (Å²) in [7, 11) is 0. The lowest BCUT2D eigenvalue weighted by molar-refractivity contribution is -0.144. The zero-order chi connectivity index (χ0) is 26.4. The maximum absolute atomic E-state index is 13.4. The number of carbonyl (C=O) groups excluding carboxylic acids is 2. The fourth-order valence-electron chi connectivity index (χ4n) is 6.10. The lowest BCUT2D eigenvalue weighted by Gasteiger charge is -2.30. The van der Waals surface area contributed by atoms with Crippen molar-refractivity contribution in [2.24, 2.45) is 5.92 Å². The Morgan fingerprint density at radius 2 is 2.00 bits per heavy atom. The van der Waals surface area contributed by atoms with Gasteiger partial charge >= 0.3 is 5.97 Å². The predicted octanol–water partition coefficient (Wildman–Crippen LogP) is 2.11. The molecule has 9 nitrogen and oxygen atoms in total. The fourth-order valence-corrected chi connectivity index (χ4v) is 6.10. The number of likely N-dealkylation sites (tertiary alicyclic amines) is 2. The zero-order valence-corrected chi connectivity index (χ0v) is 21.9. The van der Waals surface area contributed by atoms with Gasteiger partial charge in [0.2, 0.25) is 11.8 Å². The summed E-state index contributed by atoms with van der Waals surface area (Å²) in [6.07, 6.45) is 5.09. The monoisotopic (exact) mass is 515 g/mol. The van der Waals surface area contributed by atoms with Gasteiger partial charge in [0.15, 0.2) is 0 Å². The summed E-state index contributed by atoms with van der Waals surface area (Å²) in [5.41, 5.74) is 2.07. The second-order valence-electron chi connectivity index (χ2n) is 10.5. The van der Waals surface area contributed by atoms with Gasteiger partial charge in [-0.3, -0.25) is 19.3 Å². The molecule has 37 heavy (non-hydrogen) atoms. The number of aliphatic hydroxyl groups excluding tert-OH is 1. The average Bonchev–Trinajstić information content (AvgIpc) is 3.60. The number of hydrogen-bond acceptors (Lipinski definition) is 6. The molecule has 0 aromatic heterocycles. The first-order chi connectivity index (χ1) is 17.9. The molecule has 2 fully saturated rings. The minimum atomic E-state index is -0.863. The normalized spacial score (nSPS) is 23.4. The van der Waals surface area contributed by atoms with E-state index in [0.29, 0.717) is 58.6 Å². The smallest absolute Gasteiger partial charge is 0.308 e. The number of aliphatic carboxylic acids is 1. The maximum atomic E-state index is 13.4. The number of aliphatic hydroxyl groups is 1. The van der Waals surface area contributed by atoms with Crippen LogP contribution in [-0.2, 0) is 20.8 Å². The van der Waals surface area contributed by atoms with E-state index in [1.54, 1.807) is 4.90 Å². The molecule has 0 aliphatic carbocycles. The number of ether oxygens (including phenoxy) is 1. The number of benzene rings is 1. The van der Waals surface area contributed by atoms with Crippen LogP contribution in [0.5, 0.6) is 5.75 Å². The Kier molecular flexibility index (Phi) is 9.43. The largest absolute Gasteiger partial charge is 0.493 e. The highest BCUT2D eigenvalue weighted by Gasteiger charge is 2.47. The van der Waals surface area contributed by atoms with E-state index < -0.39 is 11.9 Å². The standard InChI is InChI=1S/C28H41N3O6/c1-2-3-11-29(13-5-15-32)26(34)19-31-18-22(20-7-8-24-21(17-20)10-16-37-24)27(28(35)36)23(31)9-14-30-12-4-6-25(30)33/h7-8,17,22-23,27,32H,2-6,9-16,18-19H2,1H3,(H,35,36)/t22-,23+,27?/m1/s1. The summed E-state index contributed by atoms with van der Waals surface area (Å²) < 4.78 is 5.65. The van der Waals surface area contributed by atoms with Gasteiger partial charge in [-0.15, -0.1) is 0 Å². The highest BCUT2D eigenvalue weighted by molar-refractivity contribution is 5.79. The summed E-state index contributed by atoms with van der Waals surface area (Å²) in [6, 6.07) is 5.62. The van der Waals surface area contributed by atoms with Gasteiger partial charge in [0.05, 0.1) is 19.1 Å². The molecule has 1 unspecified atom stereocenters. The SMILES string of the molecule is CCCCN(CCCO)C(=O)CN1C[C@H](c2ccc3c(c2)CCO3)C(C(=O)O)[C@@H]1CCN1CCCC1=O. The highest BCUT2D eigenvalue weighted by Crippen LogP contribution is 2.41. The number of hydrogen-bond donors (Lipinski definition) is 2. The molecule has 2 saturated heterocycles. The number of rotatable bonds is 13. The van der Waals surface area contributed by atoms with Gasteiger partial charge in [0, 0.05) is 64.1 Å². The van der Waals surface area contributed by atoms with Gasteiger partial charge in [-0.05, 0) is 42.9 Å². The molecule has 3 atom stereocenters. The van der Waals surface area contributed by atoms with Crippen LogP contribution < -0.4 is 4.74 Å². The number of fused-ring (bicyclic) bond motifs is 1. The minimum Gasteiger partial charge on any atom is -0.493 e. The van der Waals surface area contributed by atoms with Crippen molar-refractivity contribution < 1.29 is 29.3 Å². The van der Waals surface area contributed by atoms with E-state index in [1.165, 1.54) is 0 Å². The van der Waals surface area contributed by atoms with Crippen molar-refractivity contribution in [2.45, 2.75) is 63.8 Å². The third-order valence-corrected chi connectivity index (χ3v) is 8.10. The highest BCUT2D eigenvalue weighted by atomic mass is 16.5. The summed E-state index contributed by atoms with van der Waals surface area (Å²) in [6.45, 7) is 5.70. The second-order valence-corrected chi connectivity index (χ2v) is 10.5. The lowest BCUT2D eigenvalue weighted by atomic mass is 9.83. The lowest BCUT2D eigenvalue weighted by Crippen LogP contribution is -2.46. The Labute approximate surface area is 219 Å². The summed E-state index contributed by atoms with van der Waals surface area (Å²) >= 11 is 0. The molecule has 0 saturated carbocycles. The third-order valence-electron chi connectivity index (χ3n) is 8.10. The molecule has 9 heteroatoms. The first-order valence-corrected chi connectivity index (χ1v) is 13.8. The molecule has 0 radical (unpaired) electrons. The molecular formula is C28H41N3O6. The van der Waals surface area contributed by atoms with Crippen LogP contribution in [0.25, 0.3) is 0 Å². The van der Waals surface area contributed by atoms with Crippen molar-refractivity contribution in [3.63, 3.8) is 0 Å². The van der Waals surface area contributed by atoms with Gasteiger partial charge in [-0.2, -0.15) is 0 Å². The average molecular weight is 516 g/mol. The van der Waals surface area contributed by atoms with Gasteiger partial charge in [0.25, 0.3) is 0 Å². The van der Waals surface area contributed by atoms with Gasteiger partial charge in [0.1, 0.15) is 5.75 Å². The van der Waals surface area contributed by atoms with Crippen LogP contribution in [0.1, 0.15) is 62.5 Å². The van der Waals surface area contributed by atoms with Crippen LogP contribution in [0, 0.1) is 5.92 Å². The molecule has 2 N–H and O–H groups in total. The summed E-state index contributed by atoms with van der Waals surface area (Å²) in [4.78, 5) is 44.0. The van der Waals surface area contributed by atoms with E-state index in [1.807, 2.05) is 21.9 Å². The molecule has 1 aromatic rings. The van der Waals surface area contributed by atoms with Gasteiger partial charge in [-0.1, -0.05) is 25.5 Å². The Balaban J connectivity index is 1.57. The molecule has 4 rings (SSSR count). The number of unbranched alkanes of at least 4 members (excludes halogenated alkanes) is 1. The Morgan fingerprint density at radius 1 is 1.19 bits per heavy atom.